The van der Waals surface area contributed by atoms with Crippen LogP contribution >= 0.6 is 0 Å². The summed E-state index contributed by atoms with van der Waals surface area (Å²) in [4.78, 5) is 2.51. The molecule has 1 saturated carbocycles. The lowest BCUT2D eigenvalue weighted by atomic mass is 10.1. The second-order valence-corrected chi connectivity index (χ2v) is 5.29. The third kappa shape index (κ3) is 1.19. The predicted octanol–water partition coefficient (Wildman–Crippen LogP) is 1.94. The van der Waals surface area contributed by atoms with E-state index in [0.717, 1.165) is 13.1 Å². The molecule has 1 aromatic rings. The van der Waals surface area contributed by atoms with Crippen molar-refractivity contribution in [2.75, 3.05) is 13.6 Å². The van der Waals surface area contributed by atoms with Gasteiger partial charge in [-0.1, -0.05) is 13.8 Å². The van der Waals surface area contributed by atoms with Crippen LogP contribution in [0.15, 0.2) is 6.07 Å². The van der Waals surface area contributed by atoms with Crippen molar-refractivity contribution >= 4 is 0 Å². The van der Waals surface area contributed by atoms with Crippen LogP contribution in [-0.4, -0.2) is 28.3 Å². The monoisotopic (exact) mass is 205 g/mol. The molecule has 2 heterocycles. The molecule has 82 valence electrons. The van der Waals surface area contributed by atoms with Gasteiger partial charge in [-0.05, 0) is 31.9 Å². The molecule has 2 aliphatic rings. The maximum Gasteiger partial charge on any atom is 0.0653 e. The van der Waals surface area contributed by atoms with Crippen molar-refractivity contribution in [3.8, 4) is 0 Å². The first kappa shape index (κ1) is 9.40. The van der Waals surface area contributed by atoms with Crippen LogP contribution in [0.25, 0.3) is 0 Å². The van der Waals surface area contributed by atoms with Gasteiger partial charge in [0.25, 0.3) is 0 Å². The maximum atomic E-state index is 4.71. The van der Waals surface area contributed by atoms with Crippen LogP contribution in [0.5, 0.6) is 0 Å². The predicted molar refractivity (Wildman–Crippen MR) is 59.9 cm³/mol. The summed E-state index contributed by atoms with van der Waals surface area (Å²) in [7, 11) is 2.25. The SMILES string of the molecule is CC(C)c1cc2n(n1)CCN(C)C21CC1. The van der Waals surface area contributed by atoms with Gasteiger partial charge >= 0.3 is 0 Å². The standard InChI is InChI=1S/C12H19N3/c1-9(2)10-8-11-12(4-5-12)14(3)6-7-15(11)13-10/h8-9H,4-7H2,1-3H3. The minimum Gasteiger partial charge on any atom is -0.293 e. The number of nitrogens with zero attached hydrogens (tertiary/aromatic N) is 3. The highest BCUT2D eigenvalue weighted by atomic mass is 15.4. The van der Waals surface area contributed by atoms with Gasteiger partial charge in [-0.15, -0.1) is 0 Å². The van der Waals surface area contributed by atoms with Gasteiger partial charge < -0.3 is 0 Å². The molecule has 1 spiro atoms. The Balaban J connectivity index is 2.06. The van der Waals surface area contributed by atoms with Crippen molar-refractivity contribution in [1.29, 1.82) is 0 Å². The van der Waals surface area contributed by atoms with Crippen molar-refractivity contribution in [1.82, 2.24) is 14.7 Å². The zero-order valence-corrected chi connectivity index (χ0v) is 9.82. The lowest BCUT2D eigenvalue weighted by molar-refractivity contribution is 0.167. The summed E-state index contributed by atoms with van der Waals surface area (Å²) >= 11 is 0. The van der Waals surface area contributed by atoms with Crippen LogP contribution < -0.4 is 0 Å². The molecule has 0 saturated heterocycles. The molecule has 1 fully saturated rings. The smallest absolute Gasteiger partial charge is 0.0653 e. The van der Waals surface area contributed by atoms with Crippen molar-refractivity contribution in [2.45, 2.75) is 44.7 Å². The molecular formula is C12H19N3. The average molecular weight is 205 g/mol. The van der Waals surface area contributed by atoms with Gasteiger partial charge in [-0.3, -0.25) is 9.58 Å². The minimum absolute atomic E-state index is 0.360. The molecule has 0 bridgehead atoms. The molecule has 3 rings (SSSR count). The van der Waals surface area contributed by atoms with E-state index in [2.05, 4.69) is 36.5 Å². The fourth-order valence-electron chi connectivity index (χ4n) is 2.67. The Morgan fingerprint density at radius 2 is 2.07 bits per heavy atom. The van der Waals surface area contributed by atoms with Gasteiger partial charge in [0, 0.05) is 6.54 Å². The highest BCUT2D eigenvalue weighted by Crippen LogP contribution is 2.52. The molecule has 1 aliphatic carbocycles. The highest BCUT2D eigenvalue weighted by Gasteiger charge is 2.52. The summed E-state index contributed by atoms with van der Waals surface area (Å²) in [6.45, 7) is 6.64. The third-order valence-corrected chi connectivity index (χ3v) is 3.97. The lowest BCUT2D eigenvalue weighted by Gasteiger charge is -2.33. The number of likely N-dealkylation sites (N-methyl/N-ethyl adjacent to an activating group) is 1. The zero-order chi connectivity index (χ0) is 10.6. The molecule has 1 aromatic heterocycles. The largest absolute Gasteiger partial charge is 0.293 e. The molecule has 0 unspecified atom stereocenters. The van der Waals surface area contributed by atoms with Crippen LogP contribution in [0.3, 0.4) is 0 Å². The Hall–Kier alpha value is -0.830. The number of rotatable bonds is 1. The van der Waals surface area contributed by atoms with Crippen LogP contribution in [0.4, 0.5) is 0 Å². The number of hydrogen-bond donors (Lipinski definition) is 0. The molecule has 3 heteroatoms. The fraction of sp³-hybridized carbons (Fsp3) is 0.750. The quantitative estimate of drug-likeness (QED) is 0.698. The van der Waals surface area contributed by atoms with Gasteiger partial charge in [-0.25, -0.2) is 0 Å². The molecule has 3 nitrogen and oxygen atoms in total. The van der Waals surface area contributed by atoms with E-state index in [1.54, 1.807) is 0 Å². The van der Waals surface area contributed by atoms with Gasteiger partial charge in [0.05, 0.1) is 23.5 Å². The first-order chi connectivity index (χ1) is 7.13. The van der Waals surface area contributed by atoms with E-state index in [1.807, 2.05) is 0 Å². The normalized spacial score (nSPS) is 23.5. The number of fused-ring (bicyclic) bond motifs is 2. The van der Waals surface area contributed by atoms with E-state index in [1.165, 1.54) is 24.2 Å². The van der Waals surface area contributed by atoms with E-state index in [-0.39, 0.29) is 0 Å². The third-order valence-electron chi connectivity index (χ3n) is 3.97. The average Bonchev–Trinajstić information content (AvgIpc) is 2.85. The highest BCUT2D eigenvalue weighted by molar-refractivity contribution is 5.28. The summed E-state index contributed by atoms with van der Waals surface area (Å²) in [5.74, 6) is 0.546. The zero-order valence-electron chi connectivity index (χ0n) is 9.82. The first-order valence-electron chi connectivity index (χ1n) is 5.93. The summed E-state index contributed by atoms with van der Waals surface area (Å²) < 4.78 is 2.24. The fourth-order valence-corrected chi connectivity index (χ4v) is 2.67. The molecule has 1 aliphatic heterocycles. The molecular weight excluding hydrogens is 186 g/mol. The first-order valence-corrected chi connectivity index (χ1v) is 5.93. The van der Waals surface area contributed by atoms with Crippen LogP contribution in [0.1, 0.15) is 44.0 Å². The van der Waals surface area contributed by atoms with Crippen molar-refractivity contribution in [3.05, 3.63) is 17.5 Å². The Morgan fingerprint density at radius 3 is 2.67 bits per heavy atom. The Labute approximate surface area is 91.1 Å². The summed E-state index contributed by atoms with van der Waals surface area (Å²) in [6, 6.07) is 2.33. The second-order valence-electron chi connectivity index (χ2n) is 5.29. The van der Waals surface area contributed by atoms with E-state index >= 15 is 0 Å². The van der Waals surface area contributed by atoms with Crippen molar-refractivity contribution in [2.24, 2.45) is 0 Å². The topological polar surface area (TPSA) is 21.1 Å². The Kier molecular flexibility index (Phi) is 1.78. The van der Waals surface area contributed by atoms with Crippen molar-refractivity contribution in [3.63, 3.8) is 0 Å². The summed E-state index contributed by atoms with van der Waals surface area (Å²) in [5, 5.41) is 4.71. The Bertz CT molecular complexity index is 388. The number of hydrogen-bond acceptors (Lipinski definition) is 2. The van der Waals surface area contributed by atoms with Gasteiger partial charge in [0.15, 0.2) is 0 Å². The second kappa shape index (κ2) is 2.85. The summed E-state index contributed by atoms with van der Waals surface area (Å²) in [6.07, 6.45) is 2.62. The van der Waals surface area contributed by atoms with E-state index in [4.69, 9.17) is 5.10 Å². The van der Waals surface area contributed by atoms with Gasteiger partial charge in [-0.2, -0.15) is 5.10 Å². The molecule has 0 aromatic carbocycles. The maximum absolute atomic E-state index is 4.71. The molecule has 15 heavy (non-hydrogen) atoms. The van der Waals surface area contributed by atoms with Gasteiger partial charge in [0.1, 0.15) is 0 Å². The molecule has 0 atom stereocenters. The van der Waals surface area contributed by atoms with E-state index in [9.17, 15) is 0 Å². The van der Waals surface area contributed by atoms with E-state index < -0.39 is 0 Å². The van der Waals surface area contributed by atoms with Crippen molar-refractivity contribution < 1.29 is 0 Å². The lowest BCUT2D eigenvalue weighted by Crippen LogP contribution is -2.41. The Morgan fingerprint density at radius 1 is 1.33 bits per heavy atom. The van der Waals surface area contributed by atoms with Gasteiger partial charge in [0.2, 0.25) is 0 Å². The number of aromatic nitrogens is 2. The van der Waals surface area contributed by atoms with Crippen LogP contribution in [0, 0.1) is 0 Å². The molecule has 0 radical (unpaired) electrons. The molecule has 0 N–H and O–H groups in total. The molecule has 0 amide bonds. The van der Waals surface area contributed by atoms with E-state index in [0.29, 0.717) is 11.5 Å². The van der Waals surface area contributed by atoms with Crippen LogP contribution in [-0.2, 0) is 12.1 Å². The minimum atomic E-state index is 0.360. The summed E-state index contributed by atoms with van der Waals surface area (Å²) in [5.41, 5.74) is 3.07. The van der Waals surface area contributed by atoms with Crippen LogP contribution in [0.2, 0.25) is 0 Å².